The van der Waals surface area contributed by atoms with Gasteiger partial charge in [0.2, 0.25) is 0 Å². The number of unbranched alkanes of at least 4 members (excludes halogenated alkanes) is 7. The molecule has 0 saturated heterocycles. The molecule has 9 heteroatoms. The van der Waals surface area contributed by atoms with E-state index in [1.807, 2.05) is 0 Å². The molecule has 61 heavy (non-hydrogen) atoms. The largest absolute Gasteiger partial charge is 0.494 e. The van der Waals surface area contributed by atoms with E-state index in [9.17, 15) is 9.59 Å². The van der Waals surface area contributed by atoms with Crippen molar-refractivity contribution in [2.24, 2.45) is 0 Å². The maximum absolute atomic E-state index is 12.5. The van der Waals surface area contributed by atoms with Crippen LogP contribution in [0.5, 0.6) is 5.75 Å². The van der Waals surface area contributed by atoms with Crippen LogP contribution in [0.1, 0.15) is 157 Å². The van der Waals surface area contributed by atoms with Crippen LogP contribution in [0.15, 0.2) is 42.5 Å². The van der Waals surface area contributed by atoms with Crippen molar-refractivity contribution in [2.45, 2.75) is 138 Å². The number of allylic oxidation sites excluding steroid dienone is 4. The number of nitrogens with one attached hydrogen (secondary N) is 2. The van der Waals surface area contributed by atoms with E-state index in [-0.39, 0.29) is 24.8 Å². The number of nitrogens with zero attached hydrogens (tertiary/aromatic N) is 2. The Kier molecular flexibility index (Phi) is 15.4. The van der Waals surface area contributed by atoms with Crippen LogP contribution in [0.25, 0.3) is 55.5 Å². The lowest BCUT2D eigenvalue weighted by molar-refractivity contribution is -0.141. The minimum atomic E-state index is -0.261. The van der Waals surface area contributed by atoms with Gasteiger partial charge >= 0.3 is 11.9 Å². The minimum Gasteiger partial charge on any atom is -0.494 e. The molecule has 2 aliphatic heterocycles. The predicted molar refractivity (Wildman–Crippen MR) is 250 cm³/mol. The highest BCUT2D eigenvalue weighted by molar-refractivity contribution is 6.02. The number of methoxy groups -OCH3 is 2. The molecule has 2 N–H and O–H groups in total. The summed E-state index contributed by atoms with van der Waals surface area (Å²) in [7, 11) is 2.85. The Hall–Kier alpha value is -5.44. The van der Waals surface area contributed by atoms with Gasteiger partial charge < -0.3 is 24.2 Å². The molecule has 5 heterocycles. The summed E-state index contributed by atoms with van der Waals surface area (Å²) in [5, 5.41) is 0. The summed E-state index contributed by atoms with van der Waals surface area (Å²) in [6.07, 6.45) is 13.2. The van der Waals surface area contributed by atoms with Crippen molar-refractivity contribution in [3.05, 3.63) is 87.5 Å². The zero-order valence-electron chi connectivity index (χ0n) is 38.1. The number of fused-ring (bicyclic) bond motifs is 8. The van der Waals surface area contributed by atoms with Crippen molar-refractivity contribution < 1.29 is 23.8 Å². The Morgan fingerprint density at radius 3 is 1.49 bits per heavy atom. The second-order valence-corrected chi connectivity index (χ2v) is 16.5. The van der Waals surface area contributed by atoms with Gasteiger partial charge in [-0.15, -0.1) is 0 Å². The molecular weight excluding hydrogens is 761 g/mol. The number of esters is 2. The number of hydrogen-bond acceptors (Lipinski definition) is 7. The van der Waals surface area contributed by atoms with Gasteiger partial charge in [0, 0.05) is 40.5 Å². The molecule has 0 fully saturated rings. The summed E-state index contributed by atoms with van der Waals surface area (Å²) in [5.74, 6) is 0.343. The van der Waals surface area contributed by atoms with Crippen molar-refractivity contribution >= 4 is 56.3 Å². The molecule has 6 rings (SSSR count). The molecule has 8 bridgehead atoms. The predicted octanol–water partition coefficient (Wildman–Crippen LogP) is 13.0. The Morgan fingerprint density at radius 2 is 1.05 bits per heavy atom. The summed E-state index contributed by atoms with van der Waals surface area (Å²) in [4.78, 5) is 43.3. The van der Waals surface area contributed by atoms with Crippen LogP contribution in [0, 0.1) is 13.8 Å². The van der Waals surface area contributed by atoms with Gasteiger partial charge in [-0.25, -0.2) is 9.97 Å². The number of hydrogen-bond donors (Lipinski definition) is 2. The molecule has 0 unspecified atom stereocenters. The van der Waals surface area contributed by atoms with Crippen molar-refractivity contribution in [1.82, 2.24) is 19.9 Å². The first-order valence-electron chi connectivity index (χ1n) is 22.6. The van der Waals surface area contributed by atoms with E-state index in [4.69, 9.17) is 24.2 Å². The molecule has 4 aromatic rings. The van der Waals surface area contributed by atoms with E-state index >= 15 is 0 Å². The Bertz CT molecular complexity index is 2330. The monoisotopic (exact) mass is 827 g/mol. The normalized spacial score (nSPS) is 12.7. The molecule has 0 amide bonds. The van der Waals surface area contributed by atoms with Crippen molar-refractivity contribution in [3.8, 4) is 16.9 Å². The molecule has 0 atom stereocenters. The number of aryl methyl sites for hydroxylation is 4. The minimum absolute atomic E-state index is 0.247. The van der Waals surface area contributed by atoms with E-state index < -0.39 is 0 Å². The zero-order chi connectivity index (χ0) is 43.6. The molecule has 3 aromatic heterocycles. The Morgan fingerprint density at radius 1 is 0.590 bits per heavy atom. The fourth-order valence-corrected chi connectivity index (χ4v) is 8.97. The van der Waals surface area contributed by atoms with E-state index in [1.165, 1.54) is 70.3 Å². The first-order valence-corrected chi connectivity index (χ1v) is 22.6. The van der Waals surface area contributed by atoms with Gasteiger partial charge in [-0.3, -0.25) is 9.59 Å². The average Bonchev–Trinajstić information content (AvgIpc) is 3.94. The quantitative estimate of drug-likeness (QED) is 0.0713. The molecule has 0 aliphatic carbocycles. The molecule has 1 aromatic carbocycles. The van der Waals surface area contributed by atoms with Crippen molar-refractivity contribution in [2.75, 3.05) is 20.8 Å². The number of H-pyrrole nitrogens is 2. The maximum Gasteiger partial charge on any atom is 0.305 e. The number of carbonyl (C=O) groups is 2. The van der Waals surface area contributed by atoms with E-state index in [2.05, 4.69) is 101 Å². The Balaban J connectivity index is 1.56. The highest BCUT2D eigenvalue weighted by atomic mass is 16.5. The smallest absolute Gasteiger partial charge is 0.305 e. The number of rotatable bonds is 19. The summed E-state index contributed by atoms with van der Waals surface area (Å²) in [6.45, 7) is 15.9. The van der Waals surface area contributed by atoms with E-state index in [0.29, 0.717) is 19.4 Å². The highest BCUT2D eigenvalue weighted by Crippen LogP contribution is 2.44. The van der Waals surface area contributed by atoms with Crippen molar-refractivity contribution in [3.63, 3.8) is 0 Å². The molecule has 0 spiro atoms. The molecule has 9 nitrogen and oxygen atoms in total. The third-order valence-electron chi connectivity index (χ3n) is 12.7. The molecule has 324 valence electrons. The maximum atomic E-state index is 12.5. The van der Waals surface area contributed by atoms with E-state index in [1.54, 1.807) is 0 Å². The third kappa shape index (κ3) is 10.2. The van der Waals surface area contributed by atoms with Crippen LogP contribution in [-0.2, 0) is 31.9 Å². The van der Waals surface area contributed by atoms with Crippen LogP contribution in [0.2, 0.25) is 0 Å². The fourth-order valence-electron chi connectivity index (χ4n) is 8.97. The van der Waals surface area contributed by atoms with Crippen LogP contribution in [0.4, 0.5) is 0 Å². The number of benzene rings is 1. The average molecular weight is 827 g/mol. The SMILES string of the molecule is CCCCCCCCCCOc1ccc(-c2c3nc(cc4[nH]c(cc5[nH]c(cc6nc2C(C)=C6CC)c(C)c5CCC(=O)OC)c(CCC(=O)OC)c4C)C(CC)=C3C)cc1. The lowest BCUT2D eigenvalue weighted by Crippen LogP contribution is -2.02. The standard InChI is InChI=1S/C52H66N4O5/c1-10-13-14-15-16-17-18-19-28-61-37-22-20-36(21-23-37)50-51-34(6)38(11-2)44(55-51)29-42-32(4)40(24-26-48(57)59-8)46(53-42)31-47-41(25-27-49(58)60-9)33(5)43(54-47)30-45-39(12-3)35(7)52(50)56-45/h20-23,29-31,53-54H,10-19,24-28H2,1-9H3. The topological polar surface area (TPSA) is 119 Å². The lowest BCUT2D eigenvalue weighted by Gasteiger charge is -2.12. The van der Waals surface area contributed by atoms with Gasteiger partial charge in [-0.2, -0.15) is 0 Å². The second kappa shape index (κ2) is 20.9. The van der Waals surface area contributed by atoms with Crippen LogP contribution in [-0.4, -0.2) is 52.7 Å². The number of ether oxygens (including phenoxy) is 3. The van der Waals surface area contributed by atoms with Crippen LogP contribution < -0.4 is 4.74 Å². The zero-order valence-corrected chi connectivity index (χ0v) is 38.1. The van der Waals surface area contributed by atoms with Gasteiger partial charge in [0.25, 0.3) is 0 Å². The molecule has 0 saturated carbocycles. The summed E-state index contributed by atoms with van der Waals surface area (Å²) in [6, 6.07) is 14.9. The third-order valence-corrected chi connectivity index (χ3v) is 12.7. The molecular formula is C52H66N4O5. The highest BCUT2D eigenvalue weighted by Gasteiger charge is 2.26. The first kappa shape index (κ1) is 45.1. The first-order chi connectivity index (χ1) is 29.5. The lowest BCUT2D eigenvalue weighted by atomic mass is 9.93. The van der Waals surface area contributed by atoms with Crippen LogP contribution >= 0.6 is 0 Å². The van der Waals surface area contributed by atoms with Gasteiger partial charge in [-0.1, -0.05) is 77.8 Å². The summed E-state index contributed by atoms with van der Waals surface area (Å²) < 4.78 is 16.4. The van der Waals surface area contributed by atoms with E-state index in [0.717, 1.165) is 114 Å². The van der Waals surface area contributed by atoms with Gasteiger partial charge in [-0.05, 0) is 140 Å². The second-order valence-electron chi connectivity index (χ2n) is 16.5. The molecule has 2 aliphatic rings. The number of aromatic nitrogens is 4. The Labute approximate surface area is 362 Å². The van der Waals surface area contributed by atoms with Gasteiger partial charge in [0.1, 0.15) is 5.75 Å². The fraction of sp³-hybridized carbons (Fsp3) is 0.462. The summed E-state index contributed by atoms with van der Waals surface area (Å²) in [5.41, 5.74) is 18.1. The molecule has 0 radical (unpaired) electrons. The van der Waals surface area contributed by atoms with Gasteiger partial charge in [0.15, 0.2) is 0 Å². The van der Waals surface area contributed by atoms with Crippen LogP contribution in [0.3, 0.4) is 0 Å². The summed E-state index contributed by atoms with van der Waals surface area (Å²) >= 11 is 0. The number of aromatic amines is 2. The number of carbonyl (C=O) groups excluding carboxylic acids is 2. The van der Waals surface area contributed by atoms with Gasteiger partial charge in [0.05, 0.1) is 43.6 Å². The van der Waals surface area contributed by atoms with Crippen molar-refractivity contribution in [1.29, 1.82) is 0 Å².